The average molecular weight is 898 g/mol. The van der Waals surface area contributed by atoms with Gasteiger partial charge in [-0.2, -0.15) is 0 Å². The average Bonchev–Trinajstić information content (AvgIpc) is 3.26. The molecular formula is C53H104NO7P. The van der Waals surface area contributed by atoms with Crippen LogP contribution in [0.4, 0.5) is 0 Å². The third-order valence-corrected chi connectivity index (χ3v) is 12.8. The molecule has 0 fully saturated rings. The smallest absolute Gasteiger partial charge is 0.457 e. The fraction of sp³-hybridized carbons (Fsp3) is 0.906. The number of rotatable bonds is 52. The Kier molecular flexibility index (Phi) is 50.1. The molecule has 0 aliphatic heterocycles. The van der Waals surface area contributed by atoms with Crippen LogP contribution in [0.3, 0.4) is 0 Å². The molecule has 0 heterocycles. The summed E-state index contributed by atoms with van der Waals surface area (Å²) in [6.07, 6.45) is 59.3. The van der Waals surface area contributed by atoms with Gasteiger partial charge >= 0.3 is 13.8 Å². The minimum absolute atomic E-state index is 0.0941. The van der Waals surface area contributed by atoms with Gasteiger partial charge in [-0.05, 0) is 64.2 Å². The van der Waals surface area contributed by atoms with E-state index in [4.69, 9.17) is 24.3 Å². The fourth-order valence-corrected chi connectivity index (χ4v) is 8.64. The summed E-state index contributed by atoms with van der Waals surface area (Å²) in [5.41, 5.74) is 5.39. The summed E-state index contributed by atoms with van der Waals surface area (Å²) >= 11 is 0. The van der Waals surface area contributed by atoms with E-state index >= 15 is 0 Å². The number of allylic oxidation sites excluding steroid dienone is 4. The first-order valence-electron chi connectivity index (χ1n) is 26.8. The second kappa shape index (κ2) is 51.0. The molecule has 0 saturated carbocycles. The molecule has 0 aromatic carbocycles. The molecule has 0 aliphatic rings. The van der Waals surface area contributed by atoms with Crippen LogP contribution < -0.4 is 5.73 Å². The number of esters is 1. The van der Waals surface area contributed by atoms with Crippen molar-refractivity contribution < 1.29 is 32.8 Å². The van der Waals surface area contributed by atoms with Gasteiger partial charge in [0.2, 0.25) is 0 Å². The van der Waals surface area contributed by atoms with Gasteiger partial charge < -0.3 is 20.1 Å². The summed E-state index contributed by atoms with van der Waals surface area (Å²) in [4.78, 5) is 22.6. The second-order valence-electron chi connectivity index (χ2n) is 18.1. The van der Waals surface area contributed by atoms with Crippen LogP contribution in [0.5, 0.6) is 0 Å². The zero-order valence-corrected chi connectivity index (χ0v) is 42.0. The van der Waals surface area contributed by atoms with Crippen molar-refractivity contribution in [2.45, 2.75) is 277 Å². The van der Waals surface area contributed by atoms with Crippen molar-refractivity contribution in [3.63, 3.8) is 0 Å². The highest BCUT2D eigenvalue weighted by atomic mass is 31.2. The zero-order valence-electron chi connectivity index (χ0n) is 41.1. The zero-order chi connectivity index (χ0) is 45.1. The quantitative estimate of drug-likeness (QED) is 0.0268. The van der Waals surface area contributed by atoms with Crippen molar-refractivity contribution in [1.82, 2.24) is 0 Å². The third kappa shape index (κ3) is 50.0. The van der Waals surface area contributed by atoms with Gasteiger partial charge in [0.05, 0.1) is 19.8 Å². The number of hydrogen-bond acceptors (Lipinski definition) is 7. The molecule has 2 atom stereocenters. The lowest BCUT2D eigenvalue weighted by Crippen LogP contribution is -2.28. The van der Waals surface area contributed by atoms with Gasteiger partial charge in [0.25, 0.3) is 0 Å². The highest BCUT2D eigenvalue weighted by molar-refractivity contribution is 7.47. The summed E-state index contributed by atoms with van der Waals surface area (Å²) < 4.78 is 33.6. The minimum atomic E-state index is -4.28. The molecule has 0 spiro atoms. The molecule has 0 aliphatic carbocycles. The largest absolute Gasteiger partial charge is 0.472 e. The Morgan fingerprint density at radius 1 is 0.468 bits per heavy atom. The lowest BCUT2D eigenvalue weighted by atomic mass is 10.1. The van der Waals surface area contributed by atoms with E-state index < -0.39 is 13.9 Å². The standard InChI is InChI=1S/C53H104NO7P/c1-3-5-7-9-11-13-15-17-19-21-23-25-27-29-31-33-35-37-39-41-43-45-48-58-50-52(51-60-62(56,57)59-49-47-54)61-53(55)46-44-42-40-38-36-34-32-30-28-26-24-22-20-18-16-14-12-10-8-6-4-2/h21-24,52H,3-20,25-51,54H2,1-2H3,(H,56,57)/b23-21-,24-22-. The molecule has 8 nitrogen and oxygen atoms in total. The Morgan fingerprint density at radius 2 is 0.806 bits per heavy atom. The lowest BCUT2D eigenvalue weighted by Gasteiger charge is -2.20. The van der Waals surface area contributed by atoms with Gasteiger partial charge in [0, 0.05) is 19.6 Å². The third-order valence-electron chi connectivity index (χ3n) is 11.8. The number of ether oxygens (including phenoxy) is 2. The molecule has 2 unspecified atom stereocenters. The van der Waals surface area contributed by atoms with Crippen molar-refractivity contribution in [3.05, 3.63) is 24.3 Å². The Labute approximate surface area is 385 Å². The molecular weight excluding hydrogens is 794 g/mol. The number of nitrogens with two attached hydrogens (primary N) is 1. The normalized spacial score (nSPS) is 13.4. The van der Waals surface area contributed by atoms with Gasteiger partial charge in [-0.1, -0.05) is 224 Å². The molecule has 0 saturated heterocycles. The van der Waals surface area contributed by atoms with Crippen LogP contribution in [-0.4, -0.2) is 49.9 Å². The predicted molar refractivity (Wildman–Crippen MR) is 266 cm³/mol. The summed E-state index contributed by atoms with van der Waals surface area (Å²) in [5, 5.41) is 0. The highest BCUT2D eigenvalue weighted by Crippen LogP contribution is 2.43. The number of carbonyl (C=O) groups excluding carboxylic acids is 1. The predicted octanol–water partition coefficient (Wildman–Crippen LogP) is 16.8. The van der Waals surface area contributed by atoms with Crippen LogP contribution in [0, 0.1) is 0 Å². The van der Waals surface area contributed by atoms with Gasteiger partial charge in [0.1, 0.15) is 6.10 Å². The van der Waals surface area contributed by atoms with E-state index in [0.717, 1.165) is 32.1 Å². The number of unbranched alkanes of at least 4 members (excludes halogenated alkanes) is 35. The van der Waals surface area contributed by atoms with Crippen LogP contribution >= 0.6 is 7.82 Å². The van der Waals surface area contributed by atoms with Crippen molar-refractivity contribution in [2.75, 3.05) is 33.0 Å². The Morgan fingerprint density at radius 3 is 1.18 bits per heavy atom. The molecule has 0 radical (unpaired) electrons. The number of phosphoric acid groups is 1. The number of hydrogen-bond donors (Lipinski definition) is 2. The van der Waals surface area contributed by atoms with E-state index in [-0.39, 0.29) is 32.3 Å². The topological polar surface area (TPSA) is 117 Å². The van der Waals surface area contributed by atoms with E-state index in [1.165, 1.54) is 218 Å². The van der Waals surface area contributed by atoms with Crippen LogP contribution in [0.2, 0.25) is 0 Å². The Hall–Kier alpha value is -1.02. The van der Waals surface area contributed by atoms with Crippen molar-refractivity contribution in [2.24, 2.45) is 5.73 Å². The van der Waals surface area contributed by atoms with E-state index in [2.05, 4.69) is 38.2 Å². The molecule has 3 N–H and O–H groups in total. The second-order valence-corrected chi connectivity index (χ2v) is 19.5. The van der Waals surface area contributed by atoms with E-state index in [0.29, 0.717) is 13.0 Å². The van der Waals surface area contributed by atoms with Gasteiger partial charge in [-0.15, -0.1) is 0 Å². The minimum Gasteiger partial charge on any atom is -0.457 e. The summed E-state index contributed by atoms with van der Waals surface area (Å²) in [6.45, 7) is 4.97. The monoisotopic (exact) mass is 898 g/mol. The van der Waals surface area contributed by atoms with Gasteiger partial charge in [-0.25, -0.2) is 4.57 Å². The van der Waals surface area contributed by atoms with E-state index in [1.807, 2.05) is 0 Å². The molecule has 0 rings (SSSR count). The van der Waals surface area contributed by atoms with Crippen LogP contribution in [0.15, 0.2) is 24.3 Å². The Balaban J connectivity index is 3.90. The highest BCUT2D eigenvalue weighted by Gasteiger charge is 2.25. The van der Waals surface area contributed by atoms with Crippen molar-refractivity contribution >= 4 is 13.8 Å². The number of phosphoric ester groups is 1. The van der Waals surface area contributed by atoms with Crippen molar-refractivity contribution in [1.29, 1.82) is 0 Å². The molecule has 0 bridgehead atoms. The van der Waals surface area contributed by atoms with E-state index in [1.54, 1.807) is 0 Å². The summed E-state index contributed by atoms with van der Waals surface area (Å²) in [7, 11) is -4.28. The maximum absolute atomic E-state index is 12.7. The summed E-state index contributed by atoms with van der Waals surface area (Å²) in [6, 6.07) is 0. The van der Waals surface area contributed by atoms with Crippen LogP contribution in [-0.2, 0) is 27.9 Å². The van der Waals surface area contributed by atoms with Crippen molar-refractivity contribution in [3.8, 4) is 0 Å². The maximum atomic E-state index is 12.7. The molecule has 0 aromatic rings. The Bertz CT molecular complexity index is 1010. The van der Waals surface area contributed by atoms with Gasteiger partial charge in [-0.3, -0.25) is 13.8 Å². The van der Waals surface area contributed by atoms with E-state index in [9.17, 15) is 14.3 Å². The number of carbonyl (C=O) groups is 1. The first-order chi connectivity index (χ1) is 30.4. The first kappa shape index (κ1) is 61.0. The maximum Gasteiger partial charge on any atom is 0.472 e. The summed E-state index contributed by atoms with van der Waals surface area (Å²) in [5.74, 6) is -0.328. The molecule has 9 heteroatoms. The lowest BCUT2D eigenvalue weighted by molar-refractivity contribution is -0.154. The molecule has 0 aromatic heterocycles. The molecule has 368 valence electrons. The molecule has 0 amide bonds. The SMILES string of the molecule is CCCCCCCCCC/C=C\CCCCCCCCCCCCOCC(COP(=O)(O)OCCN)OC(=O)CCCCCCCCCCC/C=C\CCCCCCCCCC. The van der Waals surface area contributed by atoms with Crippen LogP contribution in [0.25, 0.3) is 0 Å². The fourth-order valence-electron chi connectivity index (χ4n) is 7.87. The molecule has 62 heavy (non-hydrogen) atoms. The first-order valence-corrected chi connectivity index (χ1v) is 28.3. The van der Waals surface area contributed by atoms with Crippen LogP contribution in [0.1, 0.15) is 271 Å². The van der Waals surface area contributed by atoms with Gasteiger partial charge in [0.15, 0.2) is 0 Å².